The van der Waals surface area contributed by atoms with Crippen molar-refractivity contribution in [2.45, 2.75) is 43.8 Å². The molecule has 2 nitrogen and oxygen atoms in total. The first-order chi connectivity index (χ1) is 8.13. The van der Waals surface area contributed by atoms with Gasteiger partial charge < -0.3 is 9.47 Å². The molecular formula is C14H19ClO2. The van der Waals surface area contributed by atoms with E-state index in [9.17, 15) is 0 Å². The Hall–Kier alpha value is -0.730. The fraction of sp³-hybridized carbons (Fsp3) is 0.571. The van der Waals surface area contributed by atoms with Crippen LogP contribution in [0.15, 0.2) is 24.3 Å². The molecule has 0 aliphatic heterocycles. The molecule has 1 aromatic carbocycles. The molecule has 0 heterocycles. The van der Waals surface area contributed by atoms with Gasteiger partial charge in [0.2, 0.25) is 0 Å². The van der Waals surface area contributed by atoms with Crippen molar-refractivity contribution in [3.05, 3.63) is 29.8 Å². The fourth-order valence-corrected chi connectivity index (χ4v) is 2.61. The van der Waals surface area contributed by atoms with Crippen LogP contribution in [0.1, 0.15) is 31.7 Å². The first kappa shape index (κ1) is 12.7. The number of methoxy groups -OCH3 is 1. The molecule has 0 saturated heterocycles. The summed E-state index contributed by atoms with van der Waals surface area (Å²) in [5.74, 6) is 1.41. The topological polar surface area (TPSA) is 18.5 Å². The van der Waals surface area contributed by atoms with Gasteiger partial charge in [-0.25, -0.2) is 0 Å². The average Bonchev–Trinajstić information content (AvgIpc) is 2.29. The highest BCUT2D eigenvalue weighted by atomic mass is 35.5. The van der Waals surface area contributed by atoms with E-state index in [0.717, 1.165) is 12.2 Å². The van der Waals surface area contributed by atoms with Crippen LogP contribution in [-0.4, -0.2) is 24.7 Å². The number of hydrogen-bond acceptors (Lipinski definition) is 2. The Balaban J connectivity index is 2.09. The maximum Gasteiger partial charge on any atom is 0.128 e. The molecule has 0 aromatic heterocycles. The van der Waals surface area contributed by atoms with Crippen LogP contribution in [-0.2, 0) is 4.74 Å². The van der Waals surface area contributed by atoms with Gasteiger partial charge in [0.1, 0.15) is 18.0 Å². The Labute approximate surface area is 108 Å². The molecule has 3 atom stereocenters. The minimum Gasteiger partial charge on any atom is -0.487 e. The summed E-state index contributed by atoms with van der Waals surface area (Å²) in [5.41, 5.74) is 1.24. The number of rotatable bonds is 4. The van der Waals surface area contributed by atoms with Crippen LogP contribution in [0.25, 0.3) is 0 Å². The molecule has 1 aromatic rings. The number of hydrogen-bond donors (Lipinski definition) is 0. The zero-order chi connectivity index (χ0) is 12.4. The summed E-state index contributed by atoms with van der Waals surface area (Å²) in [6.07, 6.45) is 0.950. The van der Waals surface area contributed by atoms with E-state index in [2.05, 4.69) is 19.9 Å². The molecule has 2 rings (SSSR count). The molecule has 94 valence electrons. The zero-order valence-corrected chi connectivity index (χ0v) is 11.3. The lowest BCUT2D eigenvalue weighted by molar-refractivity contribution is -0.0587. The fourth-order valence-electron chi connectivity index (χ4n) is 2.17. The number of alkyl halides is 1. The van der Waals surface area contributed by atoms with Crippen molar-refractivity contribution in [3.8, 4) is 5.75 Å². The van der Waals surface area contributed by atoms with Gasteiger partial charge in [0.05, 0.1) is 5.38 Å². The number of para-hydroxylation sites is 1. The number of benzene rings is 1. The second kappa shape index (κ2) is 5.28. The largest absolute Gasteiger partial charge is 0.487 e. The average molecular weight is 255 g/mol. The predicted octanol–water partition coefficient (Wildman–Crippen LogP) is 3.58. The van der Waals surface area contributed by atoms with Crippen molar-refractivity contribution in [2.24, 2.45) is 0 Å². The van der Waals surface area contributed by atoms with E-state index in [-0.39, 0.29) is 17.6 Å². The zero-order valence-electron chi connectivity index (χ0n) is 10.5. The Morgan fingerprint density at radius 1 is 1.29 bits per heavy atom. The van der Waals surface area contributed by atoms with Gasteiger partial charge in [-0.1, -0.05) is 32.0 Å². The molecule has 3 heteroatoms. The van der Waals surface area contributed by atoms with Crippen LogP contribution in [0, 0.1) is 0 Å². The van der Waals surface area contributed by atoms with Gasteiger partial charge in [0, 0.05) is 13.5 Å². The van der Waals surface area contributed by atoms with E-state index in [4.69, 9.17) is 21.1 Å². The van der Waals surface area contributed by atoms with Crippen molar-refractivity contribution < 1.29 is 9.47 Å². The van der Waals surface area contributed by atoms with Crippen molar-refractivity contribution in [3.63, 3.8) is 0 Å². The molecule has 1 fully saturated rings. The summed E-state index contributed by atoms with van der Waals surface area (Å²) in [4.78, 5) is 0. The summed E-state index contributed by atoms with van der Waals surface area (Å²) in [6, 6.07) is 8.17. The molecule has 3 unspecified atom stereocenters. The Kier molecular flexibility index (Phi) is 3.95. The molecule has 17 heavy (non-hydrogen) atoms. The molecule has 0 N–H and O–H groups in total. The summed E-state index contributed by atoms with van der Waals surface area (Å²) in [6.45, 7) is 4.34. The van der Waals surface area contributed by atoms with Crippen LogP contribution < -0.4 is 4.74 Å². The highest BCUT2D eigenvalue weighted by Gasteiger charge is 2.42. The van der Waals surface area contributed by atoms with Gasteiger partial charge in [0.15, 0.2) is 0 Å². The van der Waals surface area contributed by atoms with Gasteiger partial charge in [-0.05, 0) is 17.5 Å². The molecule has 0 radical (unpaired) electrons. The van der Waals surface area contributed by atoms with Crippen LogP contribution in [0.2, 0.25) is 0 Å². The molecule has 1 aliphatic carbocycles. The maximum absolute atomic E-state index is 6.07. The smallest absolute Gasteiger partial charge is 0.128 e. The van der Waals surface area contributed by atoms with Crippen molar-refractivity contribution in [1.82, 2.24) is 0 Å². The van der Waals surface area contributed by atoms with Gasteiger partial charge in [0.25, 0.3) is 0 Å². The third-order valence-electron chi connectivity index (χ3n) is 3.27. The van der Waals surface area contributed by atoms with E-state index in [1.165, 1.54) is 5.56 Å². The van der Waals surface area contributed by atoms with Crippen LogP contribution in [0.4, 0.5) is 0 Å². The van der Waals surface area contributed by atoms with Crippen LogP contribution in [0.5, 0.6) is 5.75 Å². The SMILES string of the molecule is COC1C(Cl)CC1Oc1ccccc1C(C)C. The summed E-state index contributed by atoms with van der Waals surface area (Å²) in [7, 11) is 1.68. The molecule has 0 amide bonds. The van der Waals surface area contributed by atoms with Gasteiger partial charge >= 0.3 is 0 Å². The van der Waals surface area contributed by atoms with Crippen molar-refractivity contribution >= 4 is 11.6 Å². The van der Waals surface area contributed by atoms with Gasteiger partial charge in [-0.3, -0.25) is 0 Å². The number of ether oxygens (including phenoxy) is 2. The lowest BCUT2D eigenvalue weighted by Gasteiger charge is -2.40. The van der Waals surface area contributed by atoms with Crippen molar-refractivity contribution in [2.75, 3.05) is 7.11 Å². The monoisotopic (exact) mass is 254 g/mol. The Bertz CT molecular complexity index is 378. The standard InChI is InChI=1S/C14H19ClO2/c1-9(2)10-6-4-5-7-12(10)17-13-8-11(15)14(13)16-3/h4-7,9,11,13-14H,8H2,1-3H3. The first-order valence-electron chi connectivity index (χ1n) is 6.06. The molecular weight excluding hydrogens is 236 g/mol. The van der Waals surface area contributed by atoms with Gasteiger partial charge in [-0.15, -0.1) is 11.6 Å². The molecule has 0 bridgehead atoms. The number of halogens is 1. The third-order valence-corrected chi connectivity index (χ3v) is 3.70. The highest BCUT2D eigenvalue weighted by molar-refractivity contribution is 6.21. The molecule has 1 aliphatic rings. The van der Waals surface area contributed by atoms with E-state index < -0.39 is 0 Å². The summed E-state index contributed by atoms with van der Waals surface area (Å²) in [5, 5.41) is 0.0798. The van der Waals surface area contributed by atoms with Crippen molar-refractivity contribution in [1.29, 1.82) is 0 Å². The minimum atomic E-state index is 0.0110. The maximum atomic E-state index is 6.07. The Morgan fingerprint density at radius 2 is 2.00 bits per heavy atom. The van der Waals surface area contributed by atoms with E-state index in [1.807, 2.05) is 18.2 Å². The normalized spacial score (nSPS) is 27.9. The van der Waals surface area contributed by atoms with E-state index >= 15 is 0 Å². The summed E-state index contributed by atoms with van der Waals surface area (Å²) >= 11 is 6.07. The van der Waals surface area contributed by atoms with Gasteiger partial charge in [-0.2, -0.15) is 0 Å². The molecule has 1 saturated carbocycles. The predicted molar refractivity (Wildman–Crippen MR) is 70.0 cm³/mol. The third kappa shape index (κ3) is 2.58. The Morgan fingerprint density at radius 3 is 2.59 bits per heavy atom. The highest BCUT2D eigenvalue weighted by Crippen LogP contribution is 2.35. The van der Waals surface area contributed by atoms with E-state index in [0.29, 0.717) is 5.92 Å². The second-order valence-corrected chi connectivity index (χ2v) is 5.36. The van der Waals surface area contributed by atoms with E-state index in [1.54, 1.807) is 7.11 Å². The minimum absolute atomic E-state index is 0.0110. The van der Waals surface area contributed by atoms with Crippen LogP contribution >= 0.6 is 11.6 Å². The second-order valence-electron chi connectivity index (χ2n) is 4.80. The molecule has 0 spiro atoms. The van der Waals surface area contributed by atoms with Crippen LogP contribution in [0.3, 0.4) is 0 Å². The lowest BCUT2D eigenvalue weighted by Crippen LogP contribution is -2.52. The summed E-state index contributed by atoms with van der Waals surface area (Å²) < 4.78 is 11.3. The first-order valence-corrected chi connectivity index (χ1v) is 6.49. The quantitative estimate of drug-likeness (QED) is 0.765. The lowest BCUT2D eigenvalue weighted by atomic mass is 9.90.